The third-order valence-corrected chi connectivity index (χ3v) is 3.74. The molecule has 1 unspecified atom stereocenters. The van der Waals surface area contributed by atoms with Crippen LogP contribution in [0.2, 0.25) is 0 Å². The molecule has 2 heteroatoms. The molecule has 66 valence electrons. The third-order valence-electron chi connectivity index (χ3n) is 2.26. The van der Waals surface area contributed by atoms with Crippen molar-refractivity contribution in [3.8, 4) is 0 Å². The fraction of sp³-hybridized carbons (Fsp3) is 0.400. The van der Waals surface area contributed by atoms with Crippen molar-refractivity contribution >= 4 is 16.3 Å². The maximum absolute atomic E-state index is 2.26. The molecule has 0 bridgehead atoms. The highest BCUT2D eigenvalue weighted by molar-refractivity contribution is 6.12. The van der Waals surface area contributed by atoms with Gasteiger partial charge in [-0.3, -0.25) is 4.70 Å². The number of hydrogen-bond acceptors (Lipinski definition) is 0. The topological polar surface area (TPSA) is 0 Å². The molecule has 0 saturated carbocycles. The molecule has 1 aromatic carbocycles. The van der Waals surface area contributed by atoms with Crippen LogP contribution in [-0.2, 0) is 0 Å². The van der Waals surface area contributed by atoms with Crippen LogP contribution >= 0.6 is 0 Å². The lowest BCUT2D eigenvalue weighted by Crippen LogP contribution is -1.95. The monoisotopic (exact) mass is 182 g/mol. The first kappa shape index (κ1) is 11.7. The predicted molar refractivity (Wildman–Crippen MR) is 55.3 cm³/mol. The van der Waals surface area contributed by atoms with Crippen LogP contribution < -0.4 is 0 Å². The second-order valence-electron chi connectivity index (χ2n) is 3.22. The summed E-state index contributed by atoms with van der Waals surface area (Å²) in [6.07, 6.45) is 1.29. The smallest absolute Gasteiger partial charge is 0.223 e. The van der Waals surface area contributed by atoms with E-state index in [1.165, 1.54) is 33.8 Å². The van der Waals surface area contributed by atoms with E-state index >= 15 is 0 Å². The Bertz CT molecular complexity index is 218. The molecular weight excluding hydrogens is 166 g/mol. The predicted octanol–water partition coefficient (Wildman–Crippen LogP) is 2.23. The van der Waals surface area contributed by atoms with Crippen LogP contribution in [0.4, 0.5) is 4.70 Å². The van der Waals surface area contributed by atoms with E-state index in [1.807, 2.05) is 0 Å². The second-order valence-corrected chi connectivity index (χ2v) is 4.61. The molecule has 0 N–H and O–H groups in total. The van der Waals surface area contributed by atoms with E-state index in [1.54, 1.807) is 0 Å². The first-order chi connectivity index (χ1) is 5.24. The van der Waals surface area contributed by atoms with Gasteiger partial charge in [0, 0.05) is 0 Å². The normalized spacial score (nSPS) is 11.8. The third kappa shape index (κ3) is 2.97. The van der Waals surface area contributed by atoms with Crippen LogP contribution in [0, 0.1) is 6.92 Å². The maximum Gasteiger partial charge on any atom is 0.223 e. The average molecular weight is 182 g/mol. The second kappa shape index (κ2) is 5.35. The molecule has 0 amide bonds. The summed E-state index contributed by atoms with van der Waals surface area (Å²) in [5.74, 6) is 0. The summed E-state index contributed by atoms with van der Waals surface area (Å²) in [5.41, 5.74) is 2.88. The highest BCUT2D eigenvalue weighted by atomic mass is 27.0. The molecule has 1 atom stereocenters. The Morgan fingerprint density at radius 1 is 1.25 bits per heavy atom. The zero-order valence-electron chi connectivity index (χ0n) is 8.00. The van der Waals surface area contributed by atoms with Crippen molar-refractivity contribution in [3.05, 3.63) is 35.4 Å². The van der Waals surface area contributed by atoms with Crippen LogP contribution in [0.15, 0.2) is 24.3 Å². The van der Waals surface area contributed by atoms with Gasteiger partial charge in [0.05, 0.1) is 0 Å². The summed E-state index contributed by atoms with van der Waals surface area (Å²) in [4.78, 5) is 0. The molecule has 0 aliphatic heterocycles. The molecule has 0 heterocycles. The van der Waals surface area contributed by atoms with Gasteiger partial charge in [0.25, 0.3) is 0 Å². The Kier molecular flexibility index (Phi) is 5.21. The number of benzene rings is 1. The molecule has 0 aliphatic rings. The van der Waals surface area contributed by atoms with Crippen LogP contribution in [0.25, 0.3) is 0 Å². The van der Waals surface area contributed by atoms with Crippen molar-refractivity contribution in [2.45, 2.75) is 25.0 Å². The minimum absolute atomic E-state index is 0. The fourth-order valence-corrected chi connectivity index (χ4v) is 1.52. The van der Waals surface area contributed by atoms with Crippen molar-refractivity contribution in [2.75, 3.05) is 0 Å². The molecule has 0 nitrogen and oxygen atoms in total. The quantitative estimate of drug-likeness (QED) is 0.615. The molecule has 0 radical (unpaired) electrons. The number of halogens is 1. The highest BCUT2D eigenvalue weighted by Crippen LogP contribution is 2.15. The van der Waals surface area contributed by atoms with Crippen molar-refractivity contribution < 1.29 is 4.70 Å². The van der Waals surface area contributed by atoms with Crippen molar-refractivity contribution in [3.63, 3.8) is 0 Å². The Morgan fingerprint density at radius 2 is 1.75 bits per heavy atom. The molecule has 0 fully saturated rings. The summed E-state index contributed by atoms with van der Waals surface area (Å²) < 4.78 is 0.843. The molecule has 0 spiro atoms. The van der Waals surface area contributed by atoms with E-state index in [0.29, 0.717) is 0 Å². The van der Waals surface area contributed by atoms with E-state index in [0.717, 1.165) is 4.78 Å². The first-order valence-electron chi connectivity index (χ1n) is 4.30. The Balaban J connectivity index is 0.00000121. The van der Waals surface area contributed by atoms with Gasteiger partial charge in [-0.15, -0.1) is 0 Å². The van der Waals surface area contributed by atoms with Gasteiger partial charge in [-0.1, -0.05) is 53.5 Å². The van der Waals surface area contributed by atoms with Crippen LogP contribution in [0.3, 0.4) is 0 Å². The van der Waals surface area contributed by atoms with Crippen LogP contribution in [0.1, 0.15) is 29.3 Å². The van der Waals surface area contributed by atoms with E-state index in [9.17, 15) is 0 Å². The van der Waals surface area contributed by atoms with Gasteiger partial charge in [0.2, 0.25) is 16.3 Å². The molecule has 1 rings (SSSR count). The summed E-state index contributed by atoms with van der Waals surface area (Å²) in [6, 6.07) is 8.93. The largest absolute Gasteiger partial charge is 0.269 e. The standard InChI is InChI=1S/C10H13.Al.FH.2H/c1-3-4-10-7-5-9(2)6-8-10;;;;/h4-8H,3H2,1-2H3;;1H;;. The van der Waals surface area contributed by atoms with E-state index in [4.69, 9.17) is 0 Å². The fourth-order valence-electron chi connectivity index (χ4n) is 1.13. The first-order valence-corrected chi connectivity index (χ1v) is 5.46. The lowest BCUT2D eigenvalue weighted by molar-refractivity contribution is 0.882. The molecule has 0 saturated heterocycles. The highest BCUT2D eigenvalue weighted by Gasteiger charge is 2.00. The van der Waals surface area contributed by atoms with E-state index in [-0.39, 0.29) is 4.70 Å². The minimum Gasteiger partial charge on any atom is -0.269 e. The summed E-state index contributed by atoms with van der Waals surface area (Å²) in [5, 5.41) is 0. The summed E-state index contributed by atoms with van der Waals surface area (Å²) >= 11 is 1.28. The van der Waals surface area contributed by atoms with E-state index in [2.05, 4.69) is 38.1 Å². The average Bonchev–Trinajstić information content (AvgIpc) is 2.05. The van der Waals surface area contributed by atoms with Gasteiger partial charge in [-0.2, -0.15) is 0 Å². The maximum atomic E-state index is 2.26. The molecular formula is C10H16AlF. The summed E-state index contributed by atoms with van der Waals surface area (Å²) in [6.45, 7) is 4.40. The van der Waals surface area contributed by atoms with Gasteiger partial charge in [-0.05, 0) is 6.92 Å². The van der Waals surface area contributed by atoms with E-state index < -0.39 is 0 Å². The summed E-state index contributed by atoms with van der Waals surface area (Å²) in [7, 11) is 0. The minimum atomic E-state index is 0. The van der Waals surface area contributed by atoms with Gasteiger partial charge in [0.15, 0.2) is 0 Å². The van der Waals surface area contributed by atoms with Gasteiger partial charge < -0.3 is 0 Å². The zero-order valence-corrected chi connectivity index (χ0v) is 10.0. The van der Waals surface area contributed by atoms with Gasteiger partial charge in [0.1, 0.15) is 0 Å². The lowest BCUT2D eigenvalue weighted by Gasteiger charge is -2.08. The number of aryl methyl sites for hydroxylation is 1. The number of hydrogen-bond donors (Lipinski definition) is 0. The van der Waals surface area contributed by atoms with Crippen molar-refractivity contribution in [1.29, 1.82) is 0 Å². The lowest BCUT2D eigenvalue weighted by atomic mass is 10.1. The molecule has 0 aromatic heterocycles. The zero-order chi connectivity index (χ0) is 8.27. The van der Waals surface area contributed by atoms with Gasteiger partial charge in [-0.25, -0.2) is 0 Å². The van der Waals surface area contributed by atoms with Gasteiger partial charge >= 0.3 is 0 Å². The Labute approximate surface area is 81.8 Å². The SMILES string of the molecule is CC[CH]([AlH2])c1ccc(C)cc1.F. The van der Waals surface area contributed by atoms with Crippen molar-refractivity contribution in [1.82, 2.24) is 0 Å². The van der Waals surface area contributed by atoms with Crippen LogP contribution in [0.5, 0.6) is 0 Å². The van der Waals surface area contributed by atoms with Crippen molar-refractivity contribution in [2.24, 2.45) is 0 Å². The molecule has 12 heavy (non-hydrogen) atoms. The van der Waals surface area contributed by atoms with Crippen LogP contribution in [-0.4, -0.2) is 16.3 Å². The Morgan fingerprint density at radius 3 is 2.17 bits per heavy atom. The Hall–Kier alpha value is -0.318. The molecule has 1 aromatic rings. The molecule has 0 aliphatic carbocycles. The number of rotatable bonds is 2.